The van der Waals surface area contributed by atoms with Crippen LogP contribution in [-0.2, 0) is 14.3 Å². The summed E-state index contributed by atoms with van der Waals surface area (Å²) in [7, 11) is 0. The molecule has 140 valence electrons. The van der Waals surface area contributed by atoms with E-state index in [0.29, 0.717) is 29.5 Å². The van der Waals surface area contributed by atoms with Crippen LogP contribution in [0, 0.1) is 35.0 Å². The predicted octanol–water partition coefficient (Wildman–Crippen LogP) is 4.94. The number of carbonyl (C=O) groups excluding carboxylic acids is 2. The molecule has 0 spiro atoms. The average molecular weight is 347 g/mol. The molecule has 2 saturated carbocycles. The molecule has 0 aromatic carbocycles. The van der Waals surface area contributed by atoms with Crippen LogP contribution in [0.1, 0.15) is 73.1 Å². The molecule has 0 N–H and O–H groups in total. The minimum atomic E-state index is -0.470. The molecule has 0 unspecified atom stereocenters. The van der Waals surface area contributed by atoms with Crippen molar-refractivity contribution in [1.82, 2.24) is 0 Å². The molecule has 4 bridgehead atoms. The van der Waals surface area contributed by atoms with Crippen molar-refractivity contribution in [3.63, 3.8) is 0 Å². The third kappa shape index (κ3) is 3.71. The van der Waals surface area contributed by atoms with Crippen molar-refractivity contribution in [3.8, 4) is 0 Å². The molecule has 5 atom stereocenters. The number of hydrogen-bond donors (Lipinski definition) is 0. The van der Waals surface area contributed by atoms with Crippen molar-refractivity contribution in [2.45, 2.75) is 79.2 Å². The lowest BCUT2D eigenvalue weighted by Crippen LogP contribution is -2.45. The Bertz CT molecular complexity index is 566. The number of ether oxygens (including phenoxy) is 1. The van der Waals surface area contributed by atoms with Crippen LogP contribution in [0.2, 0.25) is 0 Å². The quantitative estimate of drug-likeness (QED) is 0.525. The van der Waals surface area contributed by atoms with Gasteiger partial charge in [0.15, 0.2) is 0 Å². The molecule has 0 aromatic rings. The zero-order valence-electron chi connectivity index (χ0n) is 16.5. The maximum absolute atomic E-state index is 12.8. The second-order valence-electron chi connectivity index (χ2n) is 9.76. The molecule has 2 fully saturated rings. The molecule has 0 aromatic heterocycles. The van der Waals surface area contributed by atoms with E-state index in [1.807, 2.05) is 20.8 Å². The summed E-state index contributed by atoms with van der Waals surface area (Å²) in [5, 5.41) is 0. The lowest BCUT2D eigenvalue weighted by atomic mass is 9.58. The van der Waals surface area contributed by atoms with E-state index in [4.69, 9.17) is 4.74 Å². The maximum Gasteiger partial charge on any atom is 0.311 e. The largest absolute Gasteiger partial charge is 0.462 e. The van der Waals surface area contributed by atoms with Gasteiger partial charge in [-0.15, -0.1) is 0 Å². The molecular weight excluding hydrogens is 312 g/mol. The van der Waals surface area contributed by atoms with Gasteiger partial charge in [0.05, 0.1) is 5.41 Å². The van der Waals surface area contributed by atoms with Gasteiger partial charge in [0.2, 0.25) is 0 Å². The Hall–Kier alpha value is -1.12. The SMILES string of the molecule is CC(C)[C@H]1CCC(=O)[C@@H]2CCC=C3[C@H]1C[C@H](OC(=O)C(C)(C)C)C[C@@H]32. The summed E-state index contributed by atoms with van der Waals surface area (Å²) in [6.45, 7) is 10.3. The van der Waals surface area contributed by atoms with E-state index in [1.165, 1.54) is 5.57 Å². The van der Waals surface area contributed by atoms with Crippen LogP contribution in [0.15, 0.2) is 11.6 Å². The van der Waals surface area contributed by atoms with E-state index in [-0.39, 0.29) is 18.0 Å². The van der Waals surface area contributed by atoms with Crippen molar-refractivity contribution in [2.75, 3.05) is 0 Å². The number of Topliss-reactive ketones (excluding diaryl/α,β-unsaturated/α-hetero) is 1. The number of carbonyl (C=O) groups is 2. The van der Waals surface area contributed by atoms with E-state index in [9.17, 15) is 9.59 Å². The summed E-state index contributed by atoms with van der Waals surface area (Å²) in [5.74, 6) is 2.35. The molecule has 0 saturated heterocycles. The first-order valence-corrected chi connectivity index (χ1v) is 10.1. The standard InChI is InChI=1S/C22H34O3/c1-13(2)15-9-10-20(23)17-8-6-7-16-18(15)11-14(12-19(16)17)25-21(24)22(3,4)5/h7,13-15,17-19H,6,8-12H2,1-5H3/t14-,15+,17+,18-,19-/m0/s1. The fourth-order valence-corrected chi connectivity index (χ4v) is 5.27. The highest BCUT2D eigenvalue weighted by Gasteiger charge is 2.47. The van der Waals surface area contributed by atoms with Gasteiger partial charge in [-0.05, 0) is 76.5 Å². The molecule has 3 aliphatic rings. The Morgan fingerprint density at radius 1 is 1.12 bits per heavy atom. The van der Waals surface area contributed by atoms with Crippen LogP contribution in [0.5, 0.6) is 0 Å². The van der Waals surface area contributed by atoms with Gasteiger partial charge >= 0.3 is 5.97 Å². The second-order valence-corrected chi connectivity index (χ2v) is 9.76. The highest BCUT2D eigenvalue weighted by Crippen LogP contribution is 2.51. The minimum absolute atomic E-state index is 0.0355. The summed E-state index contributed by atoms with van der Waals surface area (Å²) in [6, 6.07) is 0. The van der Waals surface area contributed by atoms with Crippen molar-refractivity contribution in [2.24, 2.45) is 35.0 Å². The van der Waals surface area contributed by atoms with Crippen molar-refractivity contribution in [1.29, 1.82) is 0 Å². The zero-order chi connectivity index (χ0) is 18.4. The second kappa shape index (κ2) is 6.89. The van der Waals surface area contributed by atoms with Gasteiger partial charge in [-0.3, -0.25) is 9.59 Å². The molecule has 3 nitrogen and oxygen atoms in total. The van der Waals surface area contributed by atoms with E-state index >= 15 is 0 Å². The van der Waals surface area contributed by atoms with Crippen LogP contribution >= 0.6 is 0 Å². The van der Waals surface area contributed by atoms with Gasteiger partial charge in [0.25, 0.3) is 0 Å². The number of esters is 1. The first-order chi connectivity index (χ1) is 11.7. The average Bonchev–Trinajstić information content (AvgIpc) is 2.52. The van der Waals surface area contributed by atoms with Gasteiger partial charge in [-0.2, -0.15) is 0 Å². The highest BCUT2D eigenvalue weighted by molar-refractivity contribution is 5.82. The lowest BCUT2D eigenvalue weighted by Gasteiger charge is -2.48. The van der Waals surface area contributed by atoms with Crippen LogP contribution in [0.25, 0.3) is 0 Å². The van der Waals surface area contributed by atoms with E-state index in [2.05, 4.69) is 19.9 Å². The maximum atomic E-state index is 12.8. The summed E-state index contributed by atoms with van der Waals surface area (Å²) in [5.41, 5.74) is 1.05. The summed E-state index contributed by atoms with van der Waals surface area (Å²) >= 11 is 0. The lowest BCUT2D eigenvalue weighted by molar-refractivity contribution is -0.162. The van der Waals surface area contributed by atoms with Gasteiger partial charge in [-0.25, -0.2) is 0 Å². The van der Waals surface area contributed by atoms with Gasteiger partial charge in [0, 0.05) is 12.3 Å². The predicted molar refractivity (Wildman–Crippen MR) is 98.9 cm³/mol. The fraction of sp³-hybridized carbons (Fsp3) is 0.818. The highest BCUT2D eigenvalue weighted by atomic mass is 16.5. The molecule has 3 aliphatic carbocycles. The molecule has 3 rings (SSSR count). The molecular formula is C22H34O3. The van der Waals surface area contributed by atoms with Gasteiger partial charge in [0.1, 0.15) is 11.9 Å². The van der Waals surface area contributed by atoms with E-state index < -0.39 is 5.41 Å². The Balaban J connectivity index is 1.90. The van der Waals surface area contributed by atoms with E-state index in [1.54, 1.807) is 0 Å². The molecule has 0 radical (unpaired) electrons. The normalized spacial score (nSPS) is 35.7. The van der Waals surface area contributed by atoms with Gasteiger partial charge in [-0.1, -0.05) is 25.5 Å². The molecule has 0 amide bonds. The van der Waals surface area contributed by atoms with Crippen LogP contribution in [0.3, 0.4) is 0 Å². The van der Waals surface area contributed by atoms with Crippen LogP contribution in [0.4, 0.5) is 0 Å². The fourth-order valence-electron chi connectivity index (χ4n) is 5.27. The Kier molecular flexibility index (Phi) is 5.14. The minimum Gasteiger partial charge on any atom is -0.462 e. The Labute approximate surface area is 152 Å². The first kappa shape index (κ1) is 18.7. The topological polar surface area (TPSA) is 43.4 Å². The molecule has 25 heavy (non-hydrogen) atoms. The molecule has 3 heteroatoms. The number of ketones is 1. The Morgan fingerprint density at radius 2 is 1.80 bits per heavy atom. The molecule has 0 heterocycles. The van der Waals surface area contributed by atoms with Gasteiger partial charge < -0.3 is 4.74 Å². The first-order valence-electron chi connectivity index (χ1n) is 10.1. The summed E-state index contributed by atoms with van der Waals surface area (Å²) in [6.07, 6.45) is 7.90. The summed E-state index contributed by atoms with van der Waals surface area (Å²) in [4.78, 5) is 25.2. The van der Waals surface area contributed by atoms with Crippen molar-refractivity contribution in [3.05, 3.63) is 11.6 Å². The monoisotopic (exact) mass is 346 g/mol. The van der Waals surface area contributed by atoms with Crippen molar-refractivity contribution < 1.29 is 14.3 Å². The number of rotatable bonds is 2. The zero-order valence-corrected chi connectivity index (χ0v) is 16.5. The smallest absolute Gasteiger partial charge is 0.311 e. The summed E-state index contributed by atoms with van der Waals surface area (Å²) < 4.78 is 5.94. The number of hydrogen-bond acceptors (Lipinski definition) is 3. The Morgan fingerprint density at radius 3 is 2.44 bits per heavy atom. The van der Waals surface area contributed by atoms with Crippen molar-refractivity contribution >= 4 is 11.8 Å². The molecule has 0 aliphatic heterocycles. The van der Waals surface area contributed by atoms with E-state index in [0.717, 1.165) is 38.5 Å². The third-order valence-corrected chi connectivity index (χ3v) is 6.63. The van der Waals surface area contributed by atoms with Crippen LogP contribution in [-0.4, -0.2) is 17.9 Å². The third-order valence-electron chi connectivity index (χ3n) is 6.63. The number of allylic oxidation sites excluding steroid dienone is 2. The van der Waals surface area contributed by atoms with Crippen LogP contribution < -0.4 is 0 Å².